The van der Waals surface area contributed by atoms with E-state index in [9.17, 15) is 13.2 Å². The van der Waals surface area contributed by atoms with E-state index in [-0.39, 0.29) is 15.5 Å². The van der Waals surface area contributed by atoms with Gasteiger partial charge in [-0.15, -0.1) is 11.3 Å². The first-order chi connectivity index (χ1) is 13.4. The number of thiophene rings is 1. The minimum atomic E-state index is -3.96. The van der Waals surface area contributed by atoms with E-state index in [1.807, 2.05) is 0 Å². The lowest BCUT2D eigenvalue weighted by Crippen LogP contribution is -2.17. The predicted octanol–water partition coefficient (Wildman–Crippen LogP) is 4.46. The average Bonchev–Trinajstić information content (AvgIpc) is 3.30. The van der Waals surface area contributed by atoms with E-state index in [1.54, 1.807) is 41.8 Å². The summed E-state index contributed by atoms with van der Waals surface area (Å²) in [7, 11) is -3.96. The van der Waals surface area contributed by atoms with E-state index in [1.165, 1.54) is 12.1 Å². The van der Waals surface area contributed by atoms with Crippen LogP contribution in [-0.2, 0) is 10.0 Å². The van der Waals surface area contributed by atoms with Gasteiger partial charge in [-0.1, -0.05) is 23.7 Å². The Hall–Kier alpha value is -2.53. The Morgan fingerprint density at radius 2 is 1.89 bits per heavy atom. The average molecular weight is 451 g/mol. The molecule has 0 radical (unpaired) electrons. The molecule has 2 heterocycles. The van der Waals surface area contributed by atoms with Crippen LogP contribution in [0.5, 0.6) is 0 Å². The first-order valence-electron chi connectivity index (χ1n) is 7.82. The van der Waals surface area contributed by atoms with Gasteiger partial charge in [0.25, 0.3) is 15.9 Å². The zero-order chi connectivity index (χ0) is 19.7. The number of hydrogen-bond donors (Lipinski definition) is 2. The third kappa shape index (κ3) is 3.72. The topological polar surface area (TPSA) is 101 Å². The van der Waals surface area contributed by atoms with Crippen LogP contribution >= 0.6 is 34.7 Å². The van der Waals surface area contributed by atoms with Crippen molar-refractivity contribution in [3.05, 3.63) is 63.8 Å². The predicted molar refractivity (Wildman–Crippen MR) is 112 cm³/mol. The van der Waals surface area contributed by atoms with Gasteiger partial charge in [0.05, 0.1) is 17.4 Å². The van der Waals surface area contributed by atoms with Gasteiger partial charge in [-0.2, -0.15) is 8.75 Å². The number of benzene rings is 2. The van der Waals surface area contributed by atoms with Crippen molar-refractivity contribution in [3.8, 4) is 0 Å². The number of sulfonamides is 1. The van der Waals surface area contributed by atoms with Gasteiger partial charge in [0, 0.05) is 10.7 Å². The van der Waals surface area contributed by atoms with E-state index >= 15 is 0 Å². The van der Waals surface area contributed by atoms with Crippen LogP contribution in [0.15, 0.2) is 58.8 Å². The van der Waals surface area contributed by atoms with Gasteiger partial charge in [0.15, 0.2) is 0 Å². The lowest BCUT2D eigenvalue weighted by atomic mass is 10.3. The van der Waals surface area contributed by atoms with Gasteiger partial charge >= 0.3 is 0 Å². The molecule has 0 spiro atoms. The molecule has 1 amide bonds. The summed E-state index contributed by atoms with van der Waals surface area (Å²) in [5, 5.41) is 4.82. The second-order valence-electron chi connectivity index (χ2n) is 5.62. The van der Waals surface area contributed by atoms with E-state index in [4.69, 9.17) is 11.6 Å². The molecule has 0 saturated heterocycles. The summed E-state index contributed by atoms with van der Waals surface area (Å²) < 4.78 is 36.3. The molecule has 0 unspecified atom stereocenters. The summed E-state index contributed by atoms with van der Waals surface area (Å²) in [5.74, 6) is -0.441. The summed E-state index contributed by atoms with van der Waals surface area (Å²) >= 11 is 7.99. The number of amides is 1. The number of carbonyl (C=O) groups excluding carboxylic acids is 1. The fourth-order valence-electron chi connectivity index (χ4n) is 2.52. The third-order valence-electron chi connectivity index (χ3n) is 3.74. The Balaban J connectivity index is 1.62. The van der Waals surface area contributed by atoms with Crippen LogP contribution in [0.3, 0.4) is 0 Å². The van der Waals surface area contributed by atoms with Gasteiger partial charge in [-0.3, -0.25) is 9.52 Å². The number of anilines is 2. The minimum Gasteiger partial charge on any atom is -0.321 e. The van der Waals surface area contributed by atoms with Crippen LogP contribution < -0.4 is 10.0 Å². The van der Waals surface area contributed by atoms with Gasteiger partial charge in [0.2, 0.25) is 0 Å². The number of aromatic nitrogens is 2. The molecule has 0 fully saturated rings. The van der Waals surface area contributed by atoms with E-state index in [0.29, 0.717) is 21.7 Å². The van der Waals surface area contributed by atoms with E-state index < -0.39 is 15.9 Å². The molecule has 0 saturated carbocycles. The molecule has 11 heteroatoms. The third-order valence-corrected chi connectivity index (χ3v) is 6.82. The van der Waals surface area contributed by atoms with Gasteiger partial charge in [-0.05, 0) is 41.8 Å². The Morgan fingerprint density at radius 3 is 2.71 bits per heavy atom. The number of fused-ring (bicyclic) bond motifs is 1. The van der Waals surface area contributed by atoms with Crippen LogP contribution in [-0.4, -0.2) is 23.1 Å². The number of carbonyl (C=O) groups is 1. The van der Waals surface area contributed by atoms with Crippen molar-refractivity contribution < 1.29 is 13.2 Å². The summed E-state index contributed by atoms with van der Waals surface area (Å²) in [6.07, 6.45) is 0. The summed E-state index contributed by atoms with van der Waals surface area (Å²) in [6.45, 7) is 0. The number of rotatable bonds is 5. The summed E-state index contributed by atoms with van der Waals surface area (Å²) in [4.78, 5) is 12.8. The number of hydrogen-bond acceptors (Lipinski definition) is 7. The first-order valence-corrected chi connectivity index (χ1v) is 11.3. The Bertz CT molecular complexity index is 1280. The van der Waals surface area contributed by atoms with E-state index in [0.717, 1.165) is 23.1 Å². The molecule has 0 aliphatic rings. The zero-order valence-electron chi connectivity index (χ0n) is 13.9. The molecule has 2 aromatic carbocycles. The van der Waals surface area contributed by atoms with Crippen molar-refractivity contribution in [2.24, 2.45) is 0 Å². The van der Waals surface area contributed by atoms with Gasteiger partial charge in [-0.25, -0.2) is 8.42 Å². The minimum absolute atomic E-state index is 0.00569. The largest absolute Gasteiger partial charge is 0.321 e. The maximum absolute atomic E-state index is 12.9. The Labute approximate surface area is 173 Å². The lowest BCUT2D eigenvalue weighted by Gasteiger charge is -2.10. The van der Waals surface area contributed by atoms with Crippen molar-refractivity contribution in [1.29, 1.82) is 0 Å². The highest BCUT2D eigenvalue weighted by atomic mass is 35.5. The molecule has 0 atom stereocenters. The number of nitrogens with zero attached hydrogens (tertiary/aromatic N) is 2. The lowest BCUT2D eigenvalue weighted by molar-refractivity contribution is 0.103. The van der Waals surface area contributed by atoms with Crippen molar-refractivity contribution in [3.63, 3.8) is 0 Å². The molecule has 0 aliphatic heterocycles. The van der Waals surface area contributed by atoms with Crippen molar-refractivity contribution in [2.75, 3.05) is 10.0 Å². The van der Waals surface area contributed by atoms with Crippen LogP contribution in [0.2, 0.25) is 5.02 Å². The maximum atomic E-state index is 12.9. The zero-order valence-corrected chi connectivity index (χ0v) is 17.1. The molecule has 2 N–H and O–H groups in total. The number of halogens is 1. The van der Waals surface area contributed by atoms with Gasteiger partial charge < -0.3 is 5.32 Å². The van der Waals surface area contributed by atoms with Crippen LogP contribution in [0.1, 0.15) is 9.67 Å². The fourth-order valence-corrected chi connectivity index (χ4v) is 5.36. The molecular weight excluding hydrogens is 440 g/mol. The SMILES string of the molecule is O=C(Nc1cccc(Cl)c1)c1sccc1NS(=O)(=O)c1cccc2nsnc12. The fraction of sp³-hybridized carbons (Fsp3) is 0. The van der Waals surface area contributed by atoms with Crippen molar-refractivity contribution >= 4 is 73.0 Å². The monoisotopic (exact) mass is 450 g/mol. The molecule has 7 nitrogen and oxygen atoms in total. The summed E-state index contributed by atoms with van der Waals surface area (Å²) in [5.41, 5.74) is 1.49. The molecule has 0 bridgehead atoms. The molecule has 28 heavy (non-hydrogen) atoms. The Kier molecular flexibility index (Phi) is 5.02. The highest BCUT2D eigenvalue weighted by Gasteiger charge is 2.23. The smallest absolute Gasteiger partial charge is 0.267 e. The van der Waals surface area contributed by atoms with E-state index in [2.05, 4.69) is 18.8 Å². The molecular formula is C17H11ClN4O3S3. The highest BCUT2D eigenvalue weighted by Crippen LogP contribution is 2.28. The molecule has 142 valence electrons. The number of nitrogens with one attached hydrogen (secondary N) is 2. The van der Waals surface area contributed by atoms with Crippen LogP contribution in [0.25, 0.3) is 11.0 Å². The summed E-state index contributed by atoms with van der Waals surface area (Å²) in [6, 6.07) is 13.0. The van der Waals surface area contributed by atoms with Gasteiger partial charge in [0.1, 0.15) is 20.8 Å². The van der Waals surface area contributed by atoms with Crippen LogP contribution in [0.4, 0.5) is 11.4 Å². The van der Waals surface area contributed by atoms with Crippen molar-refractivity contribution in [1.82, 2.24) is 8.75 Å². The quantitative estimate of drug-likeness (QED) is 0.467. The standard InChI is InChI=1S/C17H11ClN4O3S3/c18-10-3-1-4-11(9-10)19-17(23)16-13(7-8-26-16)22-28(24,25)14-6-2-5-12-15(14)21-27-20-12/h1-9,22H,(H,19,23). The molecule has 0 aliphatic carbocycles. The Morgan fingerprint density at radius 1 is 1.07 bits per heavy atom. The maximum Gasteiger partial charge on any atom is 0.267 e. The second-order valence-corrected chi connectivity index (χ2v) is 9.15. The highest BCUT2D eigenvalue weighted by molar-refractivity contribution is 7.93. The second kappa shape index (κ2) is 7.47. The first kappa shape index (κ1) is 18.8. The van der Waals surface area contributed by atoms with Crippen LogP contribution in [0, 0.1) is 0 Å². The molecule has 4 aromatic rings. The van der Waals surface area contributed by atoms with Crippen molar-refractivity contribution in [2.45, 2.75) is 4.90 Å². The molecule has 2 aromatic heterocycles. The normalized spacial score (nSPS) is 11.5. The molecule has 4 rings (SSSR count).